The Morgan fingerprint density at radius 3 is 2.08 bits per heavy atom. The molecule has 0 aromatic rings. The minimum Gasteiger partial charge on any atom is -0.389 e. The highest BCUT2D eigenvalue weighted by molar-refractivity contribution is 6.27. The number of rotatable bonds is 7. The molecule has 0 aliphatic heterocycles. The zero-order chi connectivity index (χ0) is 19.5. The molecule has 5 nitrogen and oxygen atoms in total. The summed E-state index contributed by atoms with van der Waals surface area (Å²) < 4.78 is 0. The first-order chi connectivity index (χ1) is 11.4. The second-order valence-electron chi connectivity index (χ2n) is 7.68. The molecule has 140 valence electrons. The minimum atomic E-state index is -2.23. The highest BCUT2D eigenvalue weighted by Gasteiger charge is 2.63. The molecule has 1 aliphatic rings. The highest BCUT2D eigenvalue weighted by atomic mass is 16.4. The Morgan fingerprint density at radius 1 is 1.12 bits per heavy atom. The third kappa shape index (κ3) is 4.33. The Balaban J connectivity index is 3.34. The van der Waals surface area contributed by atoms with Crippen molar-refractivity contribution < 1.29 is 24.6 Å². The topological polar surface area (TPSA) is 91.7 Å². The summed E-state index contributed by atoms with van der Waals surface area (Å²) in [6.07, 6.45) is 2.19. The molecule has 2 unspecified atom stereocenters. The summed E-state index contributed by atoms with van der Waals surface area (Å²) in [6.45, 7) is 10.6. The quantitative estimate of drug-likeness (QED) is 0.543. The van der Waals surface area contributed by atoms with Crippen LogP contribution < -0.4 is 0 Å². The summed E-state index contributed by atoms with van der Waals surface area (Å²) in [6, 6.07) is 0. The van der Waals surface area contributed by atoms with Gasteiger partial charge in [-0.1, -0.05) is 37.1 Å². The number of Topliss-reactive ketones (excluding diaryl/α,β-unsaturated/α-hetero) is 3. The molecule has 4 atom stereocenters. The first kappa shape index (κ1) is 21.5. The van der Waals surface area contributed by atoms with E-state index in [0.29, 0.717) is 0 Å². The van der Waals surface area contributed by atoms with Gasteiger partial charge >= 0.3 is 0 Å². The van der Waals surface area contributed by atoms with Crippen LogP contribution in [0.25, 0.3) is 0 Å². The fourth-order valence-corrected chi connectivity index (χ4v) is 3.13. The van der Waals surface area contributed by atoms with Gasteiger partial charge in [0, 0.05) is 5.92 Å². The Bertz CT molecular complexity index is 606. The summed E-state index contributed by atoms with van der Waals surface area (Å²) in [5, 5.41) is 21.6. The van der Waals surface area contributed by atoms with Crippen molar-refractivity contribution in [1.29, 1.82) is 0 Å². The van der Waals surface area contributed by atoms with Gasteiger partial charge < -0.3 is 10.2 Å². The van der Waals surface area contributed by atoms with Crippen LogP contribution in [0.1, 0.15) is 54.4 Å². The monoisotopic (exact) mass is 350 g/mol. The van der Waals surface area contributed by atoms with E-state index < -0.39 is 46.8 Å². The lowest BCUT2D eigenvalue weighted by atomic mass is 9.80. The zero-order valence-corrected chi connectivity index (χ0v) is 16.0. The molecule has 0 spiro atoms. The van der Waals surface area contributed by atoms with Gasteiger partial charge in [0.05, 0.1) is 12.0 Å². The summed E-state index contributed by atoms with van der Waals surface area (Å²) in [5.41, 5.74) is -0.375. The molecule has 1 rings (SSSR count). The number of carbonyl (C=O) groups is 3. The second-order valence-corrected chi connectivity index (χ2v) is 7.68. The van der Waals surface area contributed by atoms with Crippen LogP contribution >= 0.6 is 0 Å². The van der Waals surface area contributed by atoms with E-state index >= 15 is 0 Å². The Labute approximate surface area is 149 Å². The van der Waals surface area contributed by atoms with Crippen LogP contribution in [0.5, 0.6) is 0 Å². The summed E-state index contributed by atoms with van der Waals surface area (Å²) in [5.74, 6) is -5.04. The number of allylic oxidation sites excluding steroid dienone is 3. The molecule has 0 amide bonds. The molecule has 1 aliphatic carbocycles. The van der Waals surface area contributed by atoms with Crippen molar-refractivity contribution in [2.75, 3.05) is 0 Å². The molecule has 1 fully saturated rings. The van der Waals surface area contributed by atoms with E-state index in [-0.39, 0.29) is 12.8 Å². The van der Waals surface area contributed by atoms with Crippen LogP contribution in [0.3, 0.4) is 0 Å². The second kappa shape index (κ2) is 8.19. The van der Waals surface area contributed by atoms with E-state index in [0.717, 1.165) is 11.1 Å². The Kier molecular flexibility index (Phi) is 7.03. The maximum atomic E-state index is 12.8. The lowest BCUT2D eigenvalue weighted by molar-refractivity contribution is -0.155. The molecule has 0 heterocycles. The molecule has 0 saturated heterocycles. The normalized spacial score (nSPS) is 27.4. The number of aliphatic hydroxyl groups excluding tert-OH is 1. The van der Waals surface area contributed by atoms with E-state index in [2.05, 4.69) is 0 Å². The van der Waals surface area contributed by atoms with Gasteiger partial charge in [-0.15, -0.1) is 0 Å². The molecule has 25 heavy (non-hydrogen) atoms. The number of ketones is 3. The minimum absolute atomic E-state index is 0.0474. The maximum absolute atomic E-state index is 12.8. The van der Waals surface area contributed by atoms with Crippen molar-refractivity contribution in [2.45, 2.75) is 66.1 Å². The zero-order valence-electron chi connectivity index (χ0n) is 16.0. The maximum Gasteiger partial charge on any atom is 0.185 e. The van der Waals surface area contributed by atoms with Crippen LogP contribution in [-0.4, -0.2) is 39.3 Å². The molecule has 1 saturated carbocycles. The highest BCUT2D eigenvalue weighted by Crippen LogP contribution is 2.41. The van der Waals surface area contributed by atoms with Gasteiger partial charge in [0.25, 0.3) is 0 Å². The average Bonchev–Trinajstić information content (AvgIpc) is 2.69. The van der Waals surface area contributed by atoms with Gasteiger partial charge in [-0.3, -0.25) is 14.4 Å². The third-order valence-electron chi connectivity index (χ3n) is 4.69. The smallest absolute Gasteiger partial charge is 0.185 e. The number of hydrogen-bond donors (Lipinski definition) is 2. The van der Waals surface area contributed by atoms with Crippen molar-refractivity contribution in [3.05, 3.63) is 23.3 Å². The van der Waals surface area contributed by atoms with Crippen molar-refractivity contribution in [3.8, 4) is 0 Å². The van der Waals surface area contributed by atoms with Gasteiger partial charge in [-0.25, -0.2) is 0 Å². The van der Waals surface area contributed by atoms with Crippen molar-refractivity contribution in [2.24, 2.45) is 17.8 Å². The predicted molar refractivity (Wildman–Crippen MR) is 95.9 cm³/mol. The van der Waals surface area contributed by atoms with E-state index in [1.165, 1.54) is 0 Å². The lowest BCUT2D eigenvalue weighted by Crippen LogP contribution is -2.52. The molecule has 0 aromatic heterocycles. The summed E-state index contributed by atoms with van der Waals surface area (Å²) in [7, 11) is 0. The van der Waals surface area contributed by atoms with E-state index in [1.54, 1.807) is 26.0 Å². The van der Waals surface area contributed by atoms with Gasteiger partial charge in [0.2, 0.25) is 0 Å². The number of hydrogen-bond acceptors (Lipinski definition) is 5. The molecule has 0 aromatic carbocycles. The molecule has 2 N–H and O–H groups in total. The van der Waals surface area contributed by atoms with Crippen LogP contribution in [0.15, 0.2) is 23.3 Å². The van der Waals surface area contributed by atoms with Crippen molar-refractivity contribution in [3.63, 3.8) is 0 Å². The standard InChI is InChI=1S/C20H30O5/c1-11(2)7-9-14-18(23)16(17(22)13(5)6)19(24)20(14,25)15(21)10-8-12(3)4/h7-8,13-16,21,25H,9-10H2,1-6H3/t14?,15-,16?,20+/m1/s1. The Hall–Kier alpha value is -1.59. The van der Waals surface area contributed by atoms with Crippen LogP contribution in [0.4, 0.5) is 0 Å². The van der Waals surface area contributed by atoms with E-state index in [1.807, 2.05) is 27.7 Å². The largest absolute Gasteiger partial charge is 0.389 e. The van der Waals surface area contributed by atoms with Gasteiger partial charge in [0.1, 0.15) is 5.92 Å². The first-order valence-electron chi connectivity index (χ1n) is 8.73. The molecule has 0 radical (unpaired) electrons. The first-order valence-corrected chi connectivity index (χ1v) is 8.73. The Morgan fingerprint density at radius 2 is 1.64 bits per heavy atom. The van der Waals surface area contributed by atoms with Crippen LogP contribution in [0.2, 0.25) is 0 Å². The fourth-order valence-electron chi connectivity index (χ4n) is 3.13. The van der Waals surface area contributed by atoms with Gasteiger partial charge in [-0.05, 0) is 40.5 Å². The van der Waals surface area contributed by atoms with Crippen LogP contribution in [-0.2, 0) is 14.4 Å². The van der Waals surface area contributed by atoms with Crippen LogP contribution in [0, 0.1) is 17.8 Å². The molecule has 5 heteroatoms. The van der Waals surface area contributed by atoms with E-state index in [4.69, 9.17) is 0 Å². The van der Waals surface area contributed by atoms with Gasteiger partial charge in [-0.2, -0.15) is 0 Å². The SMILES string of the molecule is CC(C)=CCC1C(=O)C(C(=O)C(C)C)C(=O)[C@@]1(O)[C@H](O)CC=C(C)C. The average molecular weight is 350 g/mol. The van der Waals surface area contributed by atoms with E-state index in [9.17, 15) is 24.6 Å². The fraction of sp³-hybridized carbons (Fsp3) is 0.650. The molecular weight excluding hydrogens is 320 g/mol. The van der Waals surface area contributed by atoms with Gasteiger partial charge in [0.15, 0.2) is 23.0 Å². The number of aliphatic hydroxyl groups is 2. The predicted octanol–water partition coefficient (Wildman–Crippen LogP) is 2.40. The molecular formula is C20H30O5. The summed E-state index contributed by atoms with van der Waals surface area (Å²) in [4.78, 5) is 38.0. The number of carbonyl (C=O) groups excluding carboxylic acids is 3. The third-order valence-corrected chi connectivity index (χ3v) is 4.69. The summed E-state index contributed by atoms with van der Waals surface area (Å²) >= 11 is 0. The van der Waals surface area contributed by atoms with Crippen molar-refractivity contribution >= 4 is 17.3 Å². The molecule has 0 bridgehead atoms. The van der Waals surface area contributed by atoms with Crippen molar-refractivity contribution in [1.82, 2.24) is 0 Å². The lowest BCUT2D eigenvalue weighted by Gasteiger charge is -2.31.